The van der Waals surface area contributed by atoms with Crippen LogP contribution in [0.4, 0.5) is 4.79 Å². The Morgan fingerprint density at radius 1 is 0.804 bits per heavy atom. The first-order valence-electron chi connectivity index (χ1n) is 19.0. The lowest BCUT2D eigenvalue weighted by Crippen LogP contribution is -2.50. The van der Waals surface area contributed by atoms with Gasteiger partial charge in [-0.15, -0.1) is 0 Å². The Hall–Kier alpha value is -2.40. The predicted molar refractivity (Wildman–Crippen MR) is 223 cm³/mol. The predicted octanol–water partition coefficient (Wildman–Crippen LogP) is 12.1. The summed E-state index contributed by atoms with van der Waals surface area (Å²) >= 11 is 0. The van der Waals surface area contributed by atoms with Crippen LogP contribution >= 0.6 is 0 Å². The van der Waals surface area contributed by atoms with Crippen molar-refractivity contribution in [2.75, 3.05) is 6.61 Å². The molecular weight excluding hydrogens is 667 g/mol. The molecule has 0 saturated carbocycles. The van der Waals surface area contributed by atoms with Crippen molar-refractivity contribution in [3.63, 3.8) is 0 Å². The zero-order valence-electron chi connectivity index (χ0n) is 35.2. The second-order valence-electron chi connectivity index (χ2n) is 17.9. The van der Waals surface area contributed by atoms with Crippen LogP contribution in [0.1, 0.15) is 89.5 Å². The molecule has 0 heterocycles. The molecule has 290 valence electrons. The second-order valence-corrected chi connectivity index (χ2v) is 27.4. The summed E-state index contributed by atoms with van der Waals surface area (Å²) in [6.07, 6.45) is 11.9. The maximum absolute atomic E-state index is 12.1. The summed E-state index contributed by atoms with van der Waals surface area (Å²) < 4.78 is 26.2. The molecule has 0 aliphatic heterocycles. The number of benzene rings is 1. The number of nitrogens with two attached hydrogens (primary N) is 1. The van der Waals surface area contributed by atoms with Gasteiger partial charge in [-0.25, -0.2) is 4.79 Å². The van der Waals surface area contributed by atoms with E-state index in [4.69, 9.17) is 24.1 Å². The number of hydrogen-bond acceptors (Lipinski definition) is 5. The Labute approximate surface area is 315 Å². The molecule has 8 atom stereocenters. The highest BCUT2D eigenvalue weighted by Crippen LogP contribution is 2.42. The molecule has 1 aromatic carbocycles. The van der Waals surface area contributed by atoms with Gasteiger partial charge in [0, 0.05) is 11.8 Å². The molecule has 6 nitrogen and oxygen atoms in total. The van der Waals surface area contributed by atoms with Gasteiger partial charge in [-0.3, -0.25) is 0 Å². The molecule has 0 aliphatic carbocycles. The number of hydrogen-bond donors (Lipinski definition) is 1. The normalized spacial score (nSPS) is 18.5. The van der Waals surface area contributed by atoms with E-state index in [1.165, 1.54) is 5.57 Å². The summed E-state index contributed by atoms with van der Waals surface area (Å²) in [7, 11) is -4.27. The van der Waals surface area contributed by atoms with Gasteiger partial charge >= 0.3 is 6.09 Å². The number of ether oxygens (including phenoxy) is 2. The lowest BCUT2D eigenvalue weighted by molar-refractivity contribution is -0.0207. The van der Waals surface area contributed by atoms with Gasteiger partial charge in [-0.1, -0.05) is 143 Å². The fourth-order valence-corrected chi connectivity index (χ4v) is 9.07. The Morgan fingerprint density at radius 2 is 1.31 bits per heavy atom. The van der Waals surface area contributed by atoms with E-state index in [-0.39, 0.29) is 51.9 Å². The van der Waals surface area contributed by atoms with Gasteiger partial charge in [0.1, 0.15) is 18.5 Å². The molecule has 0 aromatic heterocycles. The third-order valence-electron chi connectivity index (χ3n) is 11.1. The Balaban J connectivity index is 3.45. The van der Waals surface area contributed by atoms with Crippen molar-refractivity contribution >= 4 is 22.7 Å². The number of allylic oxidation sites excluding steroid dienone is 3. The van der Waals surface area contributed by atoms with Crippen LogP contribution in [-0.2, 0) is 13.6 Å². The van der Waals surface area contributed by atoms with Crippen LogP contribution in [-0.4, -0.2) is 47.6 Å². The van der Waals surface area contributed by atoms with Gasteiger partial charge in [0.25, 0.3) is 0 Å². The number of carbonyl (C=O) groups is 1. The van der Waals surface area contributed by atoms with Gasteiger partial charge in [0.2, 0.25) is 0 Å². The molecular formula is C43H75NO5Si2. The van der Waals surface area contributed by atoms with E-state index in [9.17, 15) is 4.79 Å². The molecule has 2 N–H and O–H groups in total. The third-order valence-corrected chi connectivity index (χ3v) is 20.1. The molecule has 1 aromatic rings. The van der Waals surface area contributed by atoms with Crippen molar-refractivity contribution < 1.29 is 23.1 Å². The molecule has 1 rings (SSSR count). The molecule has 1 amide bonds. The number of primary amides is 1. The second kappa shape index (κ2) is 20.2. The van der Waals surface area contributed by atoms with E-state index >= 15 is 0 Å². The highest BCUT2D eigenvalue weighted by Gasteiger charge is 2.44. The van der Waals surface area contributed by atoms with E-state index in [1.54, 1.807) is 6.08 Å². The summed E-state index contributed by atoms with van der Waals surface area (Å²) in [5, 5.41) is 0.104. The van der Waals surface area contributed by atoms with Gasteiger partial charge in [-0.05, 0) is 79.5 Å². The minimum Gasteiger partial charge on any atom is -0.490 e. The number of rotatable bonds is 20. The zero-order chi connectivity index (χ0) is 39.4. The van der Waals surface area contributed by atoms with Crippen molar-refractivity contribution in [3.8, 4) is 5.75 Å². The van der Waals surface area contributed by atoms with E-state index in [0.717, 1.165) is 12.2 Å². The lowest BCUT2D eigenvalue weighted by Gasteiger charge is -2.45. The van der Waals surface area contributed by atoms with Gasteiger partial charge in [0.05, 0.1) is 12.2 Å². The summed E-state index contributed by atoms with van der Waals surface area (Å²) in [4.78, 5) is 12.1. The third kappa shape index (κ3) is 15.2. The summed E-state index contributed by atoms with van der Waals surface area (Å²) in [5.41, 5.74) is 6.92. The molecule has 0 fully saturated rings. The fourth-order valence-electron chi connectivity index (χ4n) is 6.12. The van der Waals surface area contributed by atoms with Crippen LogP contribution in [0.3, 0.4) is 0 Å². The molecule has 8 heteroatoms. The first-order valence-corrected chi connectivity index (χ1v) is 24.8. The molecule has 3 unspecified atom stereocenters. The van der Waals surface area contributed by atoms with Crippen LogP contribution in [0, 0.1) is 29.6 Å². The van der Waals surface area contributed by atoms with Crippen LogP contribution in [0.25, 0.3) is 0 Å². The summed E-state index contributed by atoms with van der Waals surface area (Å²) in [6.45, 7) is 40.5. The Bertz CT molecular complexity index is 1290. The lowest BCUT2D eigenvalue weighted by atomic mass is 9.81. The van der Waals surface area contributed by atoms with Crippen LogP contribution in [0.15, 0.2) is 78.9 Å². The maximum atomic E-state index is 12.1. The van der Waals surface area contributed by atoms with Gasteiger partial charge in [0.15, 0.2) is 16.6 Å². The van der Waals surface area contributed by atoms with E-state index in [1.807, 2.05) is 42.5 Å². The quantitative estimate of drug-likeness (QED) is 0.0817. The molecule has 0 spiro atoms. The molecule has 0 saturated heterocycles. The van der Waals surface area contributed by atoms with Crippen molar-refractivity contribution in [2.45, 2.75) is 144 Å². The van der Waals surface area contributed by atoms with Crippen molar-refractivity contribution in [3.05, 3.63) is 78.9 Å². The van der Waals surface area contributed by atoms with Gasteiger partial charge in [-0.2, -0.15) is 0 Å². The van der Waals surface area contributed by atoms with E-state index in [0.29, 0.717) is 6.61 Å². The number of para-hydroxylation sites is 1. The molecule has 0 bridgehead atoms. The average Bonchev–Trinajstić information content (AvgIpc) is 3.00. The SMILES string of the molecule is C=C/C=C\[C@H](C)[C@H](OC(N)=O)C(C)C(O[Si](C)(C)C(C)(C)C)C(C)CC(C)=C[C@H](C)[C@@H](O[Si](C)(C)C(C)(C)C)[C@@H](C)/C=C\COc1ccccc1. The minimum absolute atomic E-state index is 0.00756. The largest absolute Gasteiger partial charge is 0.490 e. The first kappa shape index (κ1) is 46.6. The molecule has 0 aliphatic rings. The van der Waals surface area contributed by atoms with E-state index < -0.39 is 28.8 Å². The topological polar surface area (TPSA) is 80.0 Å². The Morgan fingerprint density at radius 3 is 1.80 bits per heavy atom. The van der Waals surface area contributed by atoms with Crippen molar-refractivity contribution in [1.29, 1.82) is 0 Å². The molecule has 0 radical (unpaired) electrons. The van der Waals surface area contributed by atoms with Crippen LogP contribution < -0.4 is 10.5 Å². The monoisotopic (exact) mass is 742 g/mol. The fraction of sp³-hybridized carbons (Fsp3) is 0.651. The highest BCUT2D eigenvalue weighted by molar-refractivity contribution is 6.74. The molecule has 51 heavy (non-hydrogen) atoms. The smallest absolute Gasteiger partial charge is 0.404 e. The van der Waals surface area contributed by atoms with Crippen LogP contribution in [0.5, 0.6) is 5.75 Å². The van der Waals surface area contributed by atoms with Gasteiger partial charge < -0.3 is 24.1 Å². The van der Waals surface area contributed by atoms with E-state index in [2.05, 4.69) is 134 Å². The average molecular weight is 742 g/mol. The zero-order valence-corrected chi connectivity index (χ0v) is 37.2. The minimum atomic E-state index is -2.20. The number of carbonyl (C=O) groups excluding carboxylic acids is 1. The standard InChI is InChI=1S/C43H75NO5Si2/c1-18-19-24-33(4)39(47-41(44)45)36(7)40(49-51(16,17)43(11,12)13)35(6)30-31(2)29-34(5)38(48-50(14,15)42(8,9)10)32(3)25-23-28-46-37-26-21-20-22-27-37/h18-27,29,32-36,38-40H,1,28,30H2,2-17H3,(H2,44,45)/b24-19-,25-23-,31-29?/t32-,33-,34-,35?,36?,38-,39-,40?/m0/s1. The number of amides is 1. The van der Waals surface area contributed by atoms with Crippen LogP contribution in [0.2, 0.25) is 36.3 Å². The van der Waals surface area contributed by atoms with Crippen molar-refractivity contribution in [2.24, 2.45) is 35.3 Å². The summed E-state index contributed by atoms with van der Waals surface area (Å²) in [5.74, 6) is 1.20. The van der Waals surface area contributed by atoms with Crippen molar-refractivity contribution in [1.82, 2.24) is 0 Å². The highest BCUT2D eigenvalue weighted by atomic mass is 28.4. The first-order chi connectivity index (χ1) is 23.3. The Kier molecular flexibility index (Phi) is 18.4. The maximum Gasteiger partial charge on any atom is 0.404 e. The summed E-state index contributed by atoms with van der Waals surface area (Å²) in [6, 6.07) is 9.92.